The van der Waals surface area contributed by atoms with Crippen LogP contribution in [0.4, 0.5) is 5.69 Å². The Kier molecular flexibility index (Phi) is 4.98. The Balaban J connectivity index is 1.94. The third-order valence-corrected chi connectivity index (χ3v) is 3.96. The smallest absolute Gasteiger partial charge is 0.280 e. The highest BCUT2D eigenvalue weighted by molar-refractivity contribution is 6.33. The van der Waals surface area contributed by atoms with Gasteiger partial charge in [-0.2, -0.15) is 10.1 Å². The zero-order valence-electron chi connectivity index (χ0n) is 14.8. The minimum Gasteiger partial charge on any atom is -0.494 e. The van der Waals surface area contributed by atoms with Gasteiger partial charge in [0, 0.05) is 0 Å². The average molecular weight is 334 g/mol. The van der Waals surface area contributed by atoms with Crippen LogP contribution in [0, 0.1) is 5.92 Å². The molecule has 128 valence electrons. The van der Waals surface area contributed by atoms with Crippen molar-refractivity contribution in [1.82, 2.24) is 0 Å². The van der Waals surface area contributed by atoms with Crippen LogP contribution in [0.3, 0.4) is 0 Å². The van der Waals surface area contributed by atoms with Gasteiger partial charge in [0.15, 0.2) is 0 Å². The molecule has 0 unspecified atom stereocenters. The Morgan fingerprint density at radius 2 is 1.76 bits per heavy atom. The van der Waals surface area contributed by atoms with Crippen molar-refractivity contribution in [2.45, 2.75) is 20.8 Å². The van der Waals surface area contributed by atoms with E-state index in [1.165, 1.54) is 5.01 Å². The molecule has 4 heteroatoms. The van der Waals surface area contributed by atoms with E-state index in [1.54, 1.807) is 0 Å². The van der Waals surface area contributed by atoms with E-state index in [0.717, 1.165) is 22.7 Å². The quantitative estimate of drug-likeness (QED) is 0.754. The number of hydrogen-bond donors (Lipinski definition) is 0. The lowest BCUT2D eigenvalue weighted by atomic mass is 9.98. The fraction of sp³-hybridized carbons (Fsp3) is 0.238. The van der Waals surface area contributed by atoms with Crippen LogP contribution >= 0.6 is 0 Å². The van der Waals surface area contributed by atoms with Crippen molar-refractivity contribution >= 4 is 23.4 Å². The summed E-state index contributed by atoms with van der Waals surface area (Å²) in [4.78, 5) is 12.9. The van der Waals surface area contributed by atoms with E-state index in [1.807, 2.05) is 81.4 Å². The first kappa shape index (κ1) is 17.0. The molecule has 0 saturated heterocycles. The lowest BCUT2D eigenvalue weighted by Crippen LogP contribution is -2.21. The second kappa shape index (κ2) is 7.34. The normalized spacial score (nSPS) is 15.8. The Bertz CT molecular complexity index is 806. The highest BCUT2D eigenvalue weighted by Gasteiger charge is 2.32. The van der Waals surface area contributed by atoms with E-state index in [0.29, 0.717) is 12.2 Å². The molecular weight excluding hydrogens is 312 g/mol. The van der Waals surface area contributed by atoms with E-state index in [9.17, 15) is 4.79 Å². The van der Waals surface area contributed by atoms with Gasteiger partial charge in [-0.15, -0.1) is 0 Å². The van der Waals surface area contributed by atoms with Crippen molar-refractivity contribution < 1.29 is 9.53 Å². The van der Waals surface area contributed by atoms with Gasteiger partial charge in [-0.1, -0.05) is 44.2 Å². The van der Waals surface area contributed by atoms with Gasteiger partial charge in [-0.3, -0.25) is 4.79 Å². The summed E-state index contributed by atoms with van der Waals surface area (Å²) in [5.74, 6) is 0.890. The number of anilines is 1. The number of para-hydroxylation sites is 1. The largest absolute Gasteiger partial charge is 0.494 e. The van der Waals surface area contributed by atoms with E-state index in [-0.39, 0.29) is 11.8 Å². The minimum absolute atomic E-state index is 0.0937. The number of ether oxygens (including phenoxy) is 1. The molecule has 0 aliphatic carbocycles. The maximum atomic E-state index is 12.9. The molecule has 0 saturated carbocycles. The topological polar surface area (TPSA) is 41.9 Å². The molecule has 1 aliphatic heterocycles. The lowest BCUT2D eigenvalue weighted by molar-refractivity contribution is -0.114. The Morgan fingerprint density at radius 1 is 1.08 bits per heavy atom. The van der Waals surface area contributed by atoms with E-state index in [4.69, 9.17) is 4.74 Å². The molecule has 3 rings (SSSR count). The van der Waals surface area contributed by atoms with Gasteiger partial charge in [0.1, 0.15) is 5.75 Å². The molecule has 25 heavy (non-hydrogen) atoms. The highest BCUT2D eigenvalue weighted by atomic mass is 16.5. The molecule has 2 aromatic carbocycles. The lowest BCUT2D eigenvalue weighted by Gasteiger charge is -2.11. The predicted octanol–water partition coefficient (Wildman–Crippen LogP) is 4.53. The van der Waals surface area contributed by atoms with Crippen LogP contribution < -0.4 is 9.75 Å². The number of nitrogens with zero attached hydrogens (tertiary/aromatic N) is 2. The second-order valence-corrected chi connectivity index (χ2v) is 6.15. The van der Waals surface area contributed by atoms with Crippen LogP contribution in [-0.4, -0.2) is 18.2 Å². The summed E-state index contributed by atoms with van der Waals surface area (Å²) in [5, 5.41) is 6.05. The monoisotopic (exact) mass is 334 g/mol. The van der Waals surface area contributed by atoms with Crippen LogP contribution in [0.25, 0.3) is 6.08 Å². The standard InChI is InChI=1S/C21H22N2O2/c1-4-25-18-12-10-16(11-13-18)14-19-20(15(2)3)22-23(21(19)24)17-8-6-5-7-9-17/h5-15H,4H2,1-3H3/b19-14-. The van der Waals surface area contributed by atoms with Gasteiger partial charge in [0.2, 0.25) is 0 Å². The van der Waals surface area contributed by atoms with E-state index < -0.39 is 0 Å². The van der Waals surface area contributed by atoms with Crippen LogP contribution in [0.15, 0.2) is 65.3 Å². The van der Waals surface area contributed by atoms with Crippen LogP contribution in [0.2, 0.25) is 0 Å². The maximum absolute atomic E-state index is 12.9. The summed E-state index contributed by atoms with van der Waals surface area (Å²) in [5.41, 5.74) is 3.18. The highest BCUT2D eigenvalue weighted by Crippen LogP contribution is 2.27. The molecule has 1 heterocycles. The van der Waals surface area contributed by atoms with E-state index >= 15 is 0 Å². The first-order chi connectivity index (χ1) is 12.1. The van der Waals surface area contributed by atoms with Crippen LogP contribution in [-0.2, 0) is 4.79 Å². The summed E-state index contributed by atoms with van der Waals surface area (Å²) in [6.07, 6.45) is 1.90. The van der Waals surface area contributed by atoms with Gasteiger partial charge in [-0.25, -0.2) is 0 Å². The molecule has 0 bridgehead atoms. The third kappa shape index (κ3) is 3.63. The Hall–Kier alpha value is -2.88. The number of carbonyl (C=O) groups excluding carboxylic acids is 1. The number of hydrazone groups is 1. The summed E-state index contributed by atoms with van der Waals surface area (Å²) in [6.45, 7) is 6.69. The van der Waals surface area contributed by atoms with Gasteiger partial charge in [0.25, 0.3) is 5.91 Å². The summed E-state index contributed by atoms with van der Waals surface area (Å²) >= 11 is 0. The number of hydrogen-bond acceptors (Lipinski definition) is 3. The molecule has 0 atom stereocenters. The SMILES string of the molecule is CCOc1ccc(/C=C2\C(=O)N(c3ccccc3)N=C2C(C)C)cc1. The van der Waals surface area contributed by atoms with Gasteiger partial charge < -0.3 is 4.74 Å². The van der Waals surface area contributed by atoms with Crippen molar-refractivity contribution in [2.75, 3.05) is 11.6 Å². The minimum atomic E-state index is -0.0937. The molecule has 1 aliphatic rings. The van der Waals surface area contributed by atoms with Gasteiger partial charge in [-0.05, 0) is 48.7 Å². The first-order valence-corrected chi connectivity index (χ1v) is 8.53. The Labute approximate surface area is 148 Å². The molecular formula is C21H22N2O2. The van der Waals surface area contributed by atoms with Crippen molar-refractivity contribution in [3.8, 4) is 5.75 Å². The van der Waals surface area contributed by atoms with Gasteiger partial charge in [0.05, 0.1) is 23.6 Å². The van der Waals surface area contributed by atoms with Crippen molar-refractivity contribution in [3.05, 3.63) is 65.7 Å². The van der Waals surface area contributed by atoms with E-state index in [2.05, 4.69) is 5.10 Å². The molecule has 0 spiro atoms. The van der Waals surface area contributed by atoms with Gasteiger partial charge >= 0.3 is 0 Å². The maximum Gasteiger partial charge on any atom is 0.280 e. The molecule has 0 radical (unpaired) electrons. The average Bonchev–Trinajstić information content (AvgIpc) is 2.95. The summed E-state index contributed by atoms with van der Waals surface area (Å²) < 4.78 is 5.47. The fourth-order valence-electron chi connectivity index (χ4n) is 2.73. The van der Waals surface area contributed by atoms with Crippen molar-refractivity contribution in [1.29, 1.82) is 0 Å². The van der Waals surface area contributed by atoms with Crippen LogP contribution in [0.1, 0.15) is 26.3 Å². The van der Waals surface area contributed by atoms with Crippen LogP contribution in [0.5, 0.6) is 5.75 Å². The molecule has 2 aromatic rings. The molecule has 4 nitrogen and oxygen atoms in total. The molecule has 0 fully saturated rings. The molecule has 0 aromatic heterocycles. The van der Waals surface area contributed by atoms with Crippen molar-refractivity contribution in [3.63, 3.8) is 0 Å². The first-order valence-electron chi connectivity index (χ1n) is 8.53. The number of amides is 1. The zero-order chi connectivity index (χ0) is 17.8. The summed E-state index contributed by atoms with van der Waals surface area (Å²) in [7, 11) is 0. The summed E-state index contributed by atoms with van der Waals surface area (Å²) in [6, 6.07) is 17.2. The fourth-order valence-corrected chi connectivity index (χ4v) is 2.73. The predicted molar refractivity (Wildman–Crippen MR) is 102 cm³/mol. The Morgan fingerprint density at radius 3 is 2.36 bits per heavy atom. The number of carbonyl (C=O) groups is 1. The molecule has 1 amide bonds. The molecule has 0 N–H and O–H groups in total. The van der Waals surface area contributed by atoms with Crippen molar-refractivity contribution in [2.24, 2.45) is 11.0 Å². The third-order valence-electron chi connectivity index (χ3n) is 3.96. The number of rotatable bonds is 5. The number of benzene rings is 2. The second-order valence-electron chi connectivity index (χ2n) is 6.15. The zero-order valence-corrected chi connectivity index (χ0v) is 14.8.